The quantitative estimate of drug-likeness (QED) is 0.676. The molecule has 0 aliphatic rings. The van der Waals surface area contributed by atoms with Crippen LogP contribution in [0.5, 0.6) is 5.75 Å². The van der Waals surface area contributed by atoms with E-state index in [9.17, 15) is 9.90 Å². The van der Waals surface area contributed by atoms with Gasteiger partial charge < -0.3 is 9.84 Å². The average molecular weight is 288 g/mol. The molecule has 0 aromatic heterocycles. The Morgan fingerprint density at radius 3 is 2.45 bits per heavy atom. The van der Waals surface area contributed by atoms with E-state index < -0.39 is 0 Å². The number of methoxy groups -OCH3 is 1. The minimum absolute atomic E-state index is 0.231. The number of benzene rings is 2. The van der Waals surface area contributed by atoms with E-state index in [4.69, 9.17) is 4.74 Å². The molecule has 1 N–H and O–H groups in total. The molecule has 0 saturated heterocycles. The first kappa shape index (κ1) is 14.5. The summed E-state index contributed by atoms with van der Waals surface area (Å²) in [6.07, 6.45) is 0. The van der Waals surface area contributed by atoms with Gasteiger partial charge in [-0.05, 0) is 17.7 Å². The van der Waals surface area contributed by atoms with Gasteiger partial charge in [-0.2, -0.15) is 0 Å². The highest BCUT2D eigenvalue weighted by Gasteiger charge is 2.21. The smallest absolute Gasteiger partial charge is 0.313 e. The summed E-state index contributed by atoms with van der Waals surface area (Å²) in [7, 11) is 1.39. The van der Waals surface area contributed by atoms with E-state index in [1.807, 2.05) is 42.5 Å². The lowest BCUT2D eigenvalue weighted by molar-refractivity contribution is -0.141. The van der Waals surface area contributed by atoms with Gasteiger partial charge in [-0.25, -0.2) is 0 Å². The summed E-state index contributed by atoms with van der Waals surface area (Å²) in [6.45, 7) is 0. The third-order valence-corrected chi connectivity index (χ3v) is 4.11. The van der Waals surface area contributed by atoms with Crippen molar-refractivity contribution in [2.24, 2.45) is 0 Å². The van der Waals surface area contributed by atoms with Gasteiger partial charge >= 0.3 is 5.97 Å². The SMILES string of the molecule is COC(=O)C(CSc1ccccc1O)c1ccccc1. The molecule has 3 nitrogen and oxygen atoms in total. The Morgan fingerprint density at radius 1 is 1.15 bits per heavy atom. The fourth-order valence-electron chi connectivity index (χ4n) is 1.88. The van der Waals surface area contributed by atoms with E-state index in [-0.39, 0.29) is 17.6 Å². The maximum absolute atomic E-state index is 11.9. The molecule has 0 bridgehead atoms. The summed E-state index contributed by atoms with van der Waals surface area (Å²) in [5.74, 6) is 0.146. The number of rotatable bonds is 5. The van der Waals surface area contributed by atoms with Crippen molar-refractivity contribution in [2.75, 3.05) is 12.9 Å². The zero-order chi connectivity index (χ0) is 14.4. The molecule has 0 aliphatic heterocycles. The third-order valence-electron chi connectivity index (χ3n) is 2.96. The van der Waals surface area contributed by atoms with Crippen molar-refractivity contribution in [1.82, 2.24) is 0 Å². The fourth-order valence-corrected chi connectivity index (χ4v) is 2.95. The average Bonchev–Trinajstić information content (AvgIpc) is 2.50. The van der Waals surface area contributed by atoms with Gasteiger partial charge in [0.2, 0.25) is 0 Å². The Kier molecular flexibility index (Phi) is 5.07. The van der Waals surface area contributed by atoms with Crippen LogP contribution in [0.2, 0.25) is 0 Å². The molecule has 0 saturated carbocycles. The third kappa shape index (κ3) is 3.54. The van der Waals surface area contributed by atoms with Crippen LogP contribution in [-0.4, -0.2) is 23.9 Å². The van der Waals surface area contributed by atoms with Crippen LogP contribution >= 0.6 is 11.8 Å². The molecule has 104 valence electrons. The molecule has 1 unspecified atom stereocenters. The molecule has 0 amide bonds. The lowest BCUT2D eigenvalue weighted by Gasteiger charge is -2.15. The first-order valence-electron chi connectivity index (χ1n) is 6.26. The number of hydrogen-bond donors (Lipinski definition) is 1. The summed E-state index contributed by atoms with van der Waals surface area (Å²) in [5.41, 5.74) is 0.919. The van der Waals surface area contributed by atoms with Crippen LogP contribution in [-0.2, 0) is 9.53 Å². The molecule has 2 aromatic carbocycles. The van der Waals surface area contributed by atoms with Crippen LogP contribution in [0.3, 0.4) is 0 Å². The number of esters is 1. The minimum atomic E-state index is -0.342. The predicted molar refractivity (Wildman–Crippen MR) is 80.0 cm³/mol. The van der Waals surface area contributed by atoms with Gasteiger partial charge in [0.05, 0.1) is 13.0 Å². The van der Waals surface area contributed by atoms with Crippen LogP contribution in [0.1, 0.15) is 11.5 Å². The molecular weight excluding hydrogens is 272 g/mol. The van der Waals surface area contributed by atoms with Crippen LogP contribution in [0.4, 0.5) is 0 Å². The van der Waals surface area contributed by atoms with E-state index in [1.165, 1.54) is 18.9 Å². The van der Waals surface area contributed by atoms with E-state index in [0.717, 1.165) is 10.5 Å². The van der Waals surface area contributed by atoms with E-state index in [2.05, 4.69) is 0 Å². The second-order valence-corrected chi connectivity index (χ2v) is 5.33. The summed E-state index contributed by atoms with van der Waals surface area (Å²) >= 11 is 1.44. The lowest BCUT2D eigenvalue weighted by atomic mass is 10.0. The molecule has 0 aliphatic carbocycles. The van der Waals surface area contributed by atoms with Crippen molar-refractivity contribution >= 4 is 17.7 Å². The number of ether oxygens (including phenoxy) is 1. The summed E-state index contributed by atoms with van der Waals surface area (Å²) < 4.78 is 4.87. The summed E-state index contributed by atoms with van der Waals surface area (Å²) in [4.78, 5) is 12.7. The highest BCUT2D eigenvalue weighted by atomic mass is 32.2. The summed E-state index contributed by atoms with van der Waals surface area (Å²) in [5, 5.41) is 9.75. The Bertz CT molecular complexity index is 569. The number of thioether (sulfide) groups is 1. The highest BCUT2D eigenvalue weighted by molar-refractivity contribution is 7.99. The predicted octanol–water partition coefficient (Wildman–Crippen LogP) is 3.44. The highest BCUT2D eigenvalue weighted by Crippen LogP contribution is 2.32. The summed E-state index contributed by atoms with van der Waals surface area (Å²) in [6, 6.07) is 16.6. The normalized spacial score (nSPS) is 11.8. The second-order valence-electron chi connectivity index (χ2n) is 4.27. The number of para-hydroxylation sites is 1. The monoisotopic (exact) mass is 288 g/mol. The van der Waals surface area contributed by atoms with Gasteiger partial charge in [0, 0.05) is 10.6 Å². The molecular formula is C16H16O3S. The fraction of sp³-hybridized carbons (Fsp3) is 0.188. The van der Waals surface area contributed by atoms with Crippen LogP contribution in [0.15, 0.2) is 59.5 Å². The van der Waals surface area contributed by atoms with Crippen molar-refractivity contribution < 1.29 is 14.6 Å². The lowest BCUT2D eigenvalue weighted by Crippen LogP contribution is -2.16. The maximum Gasteiger partial charge on any atom is 0.313 e. The van der Waals surface area contributed by atoms with Gasteiger partial charge in [-0.1, -0.05) is 42.5 Å². The van der Waals surface area contributed by atoms with Crippen LogP contribution in [0.25, 0.3) is 0 Å². The number of aromatic hydroxyl groups is 1. The topological polar surface area (TPSA) is 46.5 Å². The molecule has 4 heteroatoms. The number of carbonyl (C=O) groups excluding carboxylic acids is 1. The number of phenols is 1. The van der Waals surface area contributed by atoms with Crippen LogP contribution < -0.4 is 0 Å². The molecule has 1 atom stereocenters. The van der Waals surface area contributed by atoms with Gasteiger partial charge in [0.1, 0.15) is 5.75 Å². The van der Waals surface area contributed by atoms with Crippen LogP contribution in [0, 0.1) is 0 Å². The van der Waals surface area contributed by atoms with Crippen molar-refractivity contribution in [1.29, 1.82) is 0 Å². The van der Waals surface area contributed by atoms with Crippen molar-refractivity contribution in [3.8, 4) is 5.75 Å². The Hall–Kier alpha value is -1.94. The largest absolute Gasteiger partial charge is 0.507 e. The van der Waals surface area contributed by atoms with E-state index in [1.54, 1.807) is 12.1 Å². The number of hydrogen-bond acceptors (Lipinski definition) is 4. The Morgan fingerprint density at radius 2 is 1.80 bits per heavy atom. The molecule has 0 fully saturated rings. The number of phenolic OH excluding ortho intramolecular Hbond substituents is 1. The minimum Gasteiger partial charge on any atom is -0.507 e. The van der Waals surface area contributed by atoms with Crippen molar-refractivity contribution in [3.05, 3.63) is 60.2 Å². The van der Waals surface area contributed by atoms with Crippen molar-refractivity contribution in [3.63, 3.8) is 0 Å². The van der Waals surface area contributed by atoms with Gasteiger partial charge in [-0.3, -0.25) is 4.79 Å². The van der Waals surface area contributed by atoms with Gasteiger partial charge in [0.25, 0.3) is 0 Å². The zero-order valence-electron chi connectivity index (χ0n) is 11.2. The molecule has 20 heavy (non-hydrogen) atoms. The molecule has 0 spiro atoms. The zero-order valence-corrected chi connectivity index (χ0v) is 12.0. The second kappa shape index (κ2) is 7.01. The molecule has 2 rings (SSSR count). The number of carbonyl (C=O) groups is 1. The molecule has 0 radical (unpaired) electrons. The molecule has 2 aromatic rings. The maximum atomic E-state index is 11.9. The standard InChI is InChI=1S/C16H16O3S/c1-19-16(18)13(12-7-3-2-4-8-12)11-20-15-10-6-5-9-14(15)17/h2-10,13,17H,11H2,1H3. The van der Waals surface area contributed by atoms with Gasteiger partial charge in [0.15, 0.2) is 0 Å². The first-order chi connectivity index (χ1) is 9.72. The van der Waals surface area contributed by atoms with Gasteiger partial charge in [-0.15, -0.1) is 11.8 Å². The Labute approximate surface area is 122 Å². The Balaban J connectivity index is 2.14. The molecule has 0 heterocycles. The van der Waals surface area contributed by atoms with Crippen molar-refractivity contribution in [2.45, 2.75) is 10.8 Å². The van der Waals surface area contributed by atoms with E-state index in [0.29, 0.717) is 5.75 Å². The van der Waals surface area contributed by atoms with E-state index >= 15 is 0 Å². The first-order valence-corrected chi connectivity index (χ1v) is 7.24.